The van der Waals surface area contributed by atoms with Gasteiger partial charge in [0.15, 0.2) is 9.84 Å². The van der Waals surface area contributed by atoms with E-state index < -0.39 is 27.4 Å². The van der Waals surface area contributed by atoms with E-state index in [1.54, 1.807) is 6.07 Å². The first kappa shape index (κ1) is 16.7. The Morgan fingerprint density at radius 3 is 2.62 bits per heavy atom. The second-order valence-electron chi connectivity index (χ2n) is 6.23. The van der Waals surface area contributed by atoms with Gasteiger partial charge in [-0.25, -0.2) is 13.2 Å². The molecule has 2 aromatic rings. The summed E-state index contributed by atoms with van der Waals surface area (Å²) in [6.07, 6.45) is 0.289. The highest BCUT2D eigenvalue weighted by atomic mass is 32.2. The van der Waals surface area contributed by atoms with Crippen LogP contribution in [-0.2, 0) is 26.0 Å². The molecule has 0 aliphatic carbocycles. The predicted octanol–water partition coefficient (Wildman–Crippen LogP) is 1.89. The van der Waals surface area contributed by atoms with Crippen molar-refractivity contribution in [3.05, 3.63) is 45.3 Å². The van der Waals surface area contributed by atoms with Crippen LogP contribution < -0.4 is 5.63 Å². The molecule has 1 aliphatic rings. The molecule has 7 heteroatoms. The molecular weight excluding hydrogens is 332 g/mol. The summed E-state index contributed by atoms with van der Waals surface area (Å²) in [6, 6.07) is 4.97. The van der Waals surface area contributed by atoms with E-state index >= 15 is 0 Å². The van der Waals surface area contributed by atoms with Crippen LogP contribution in [0, 0.1) is 19.8 Å². The fourth-order valence-corrected chi connectivity index (χ4v) is 4.58. The van der Waals surface area contributed by atoms with E-state index in [4.69, 9.17) is 9.15 Å². The smallest absolute Gasteiger partial charge is 0.336 e. The molecule has 0 N–H and O–H groups in total. The van der Waals surface area contributed by atoms with Gasteiger partial charge in [-0.05, 0) is 43.5 Å². The summed E-state index contributed by atoms with van der Waals surface area (Å²) in [5.41, 5.74) is 2.51. The molecule has 0 radical (unpaired) electrons. The Labute approximate surface area is 139 Å². The average molecular weight is 350 g/mol. The third-order valence-electron chi connectivity index (χ3n) is 4.38. The van der Waals surface area contributed by atoms with Crippen LogP contribution in [0.1, 0.15) is 23.1 Å². The highest BCUT2D eigenvalue weighted by Crippen LogP contribution is 2.24. The Hall–Kier alpha value is -2.15. The fraction of sp³-hybridized carbons (Fsp3) is 0.412. The number of carbonyl (C=O) groups excluding carboxylic acids is 1. The number of aryl methyl sites for hydroxylation is 2. The maximum atomic E-state index is 12.1. The number of esters is 1. The van der Waals surface area contributed by atoms with Gasteiger partial charge in [0, 0.05) is 17.0 Å². The summed E-state index contributed by atoms with van der Waals surface area (Å²) in [4.78, 5) is 23.8. The maximum Gasteiger partial charge on any atom is 0.336 e. The average Bonchev–Trinajstić information content (AvgIpc) is 2.86. The first-order valence-corrected chi connectivity index (χ1v) is 9.48. The molecule has 0 saturated carbocycles. The number of benzene rings is 1. The lowest BCUT2D eigenvalue weighted by molar-refractivity contribution is -0.148. The van der Waals surface area contributed by atoms with Crippen molar-refractivity contribution in [1.82, 2.24) is 0 Å². The second-order valence-corrected chi connectivity index (χ2v) is 8.46. The summed E-state index contributed by atoms with van der Waals surface area (Å²) in [6.45, 7) is 3.78. The van der Waals surface area contributed by atoms with Gasteiger partial charge < -0.3 is 9.15 Å². The molecule has 2 heterocycles. The quantitative estimate of drug-likeness (QED) is 0.620. The lowest BCUT2D eigenvalue weighted by Crippen LogP contribution is -2.19. The largest absolute Gasteiger partial charge is 0.461 e. The summed E-state index contributed by atoms with van der Waals surface area (Å²) >= 11 is 0. The van der Waals surface area contributed by atoms with E-state index in [1.807, 2.05) is 19.9 Å². The van der Waals surface area contributed by atoms with Crippen LogP contribution in [0.15, 0.2) is 27.4 Å². The van der Waals surface area contributed by atoms with Crippen molar-refractivity contribution in [2.24, 2.45) is 5.92 Å². The number of ether oxygens (including phenoxy) is 1. The van der Waals surface area contributed by atoms with Gasteiger partial charge in [0.25, 0.3) is 0 Å². The van der Waals surface area contributed by atoms with Crippen LogP contribution in [0.2, 0.25) is 0 Å². The molecule has 1 fully saturated rings. The van der Waals surface area contributed by atoms with E-state index in [1.165, 1.54) is 6.07 Å². The first-order valence-electron chi connectivity index (χ1n) is 7.66. The minimum absolute atomic E-state index is 0.0170. The zero-order chi connectivity index (χ0) is 17.5. The minimum Gasteiger partial charge on any atom is -0.461 e. The lowest BCUT2D eigenvalue weighted by atomic mass is 10.0. The van der Waals surface area contributed by atoms with Crippen molar-refractivity contribution in [1.29, 1.82) is 0 Å². The molecule has 6 nitrogen and oxygen atoms in total. The molecule has 1 aromatic carbocycles. The normalized spacial score (nSPS) is 19.5. The molecule has 1 unspecified atom stereocenters. The molecule has 128 valence electrons. The number of rotatable bonds is 3. The molecule has 24 heavy (non-hydrogen) atoms. The Bertz CT molecular complexity index is 970. The third-order valence-corrected chi connectivity index (χ3v) is 6.15. The highest BCUT2D eigenvalue weighted by molar-refractivity contribution is 7.91. The zero-order valence-electron chi connectivity index (χ0n) is 13.5. The zero-order valence-corrected chi connectivity index (χ0v) is 14.3. The van der Waals surface area contributed by atoms with Crippen LogP contribution >= 0.6 is 0 Å². The van der Waals surface area contributed by atoms with Crippen molar-refractivity contribution in [2.45, 2.75) is 26.9 Å². The van der Waals surface area contributed by atoms with Gasteiger partial charge in [-0.2, -0.15) is 0 Å². The predicted molar refractivity (Wildman–Crippen MR) is 88.5 cm³/mol. The van der Waals surface area contributed by atoms with E-state index in [2.05, 4.69) is 0 Å². The molecule has 0 bridgehead atoms. The Balaban J connectivity index is 1.84. The third kappa shape index (κ3) is 3.36. The van der Waals surface area contributed by atoms with Crippen molar-refractivity contribution < 1.29 is 22.4 Å². The summed E-state index contributed by atoms with van der Waals surface area (Å²) in [5, 5.41) is 0.713. The first-order chi connectivity index (χ1) is 11.2. The number of sulfone groups is 1. The molecule has 1 aromatic heterocycles. The van der Waals surface area contributed by atoms with Gasteiger partial charge in [0.1, 0.15) is 12.2 Å². The standard InChI is InChI=1S/C17H18O6S/c1-10-5-14-13(7-16(18)23-15(14)6-11(10)2)8-22-17(19)12-3-4-24(20,21)9-12/h5-7,12H,3-4,8-9H2,1-2H3. The Kier molecular flexibility index (Phi) is 4.21. The number of hydrogen-bond donors (Lipinski definition) is 0. The van der Waals surface area contributed by atoms with Crippen LogP contribution in [0.25, 0.3) is 11.0 Å². The molecule has 3 rings (SSSR count). The number of carbonyl (C=O) groups is 1. The molecular formula is C17H18O6S. The van der Waals surface area contributed by atoms with E-state index in [0.717, 1.165) is 11.1 Å². The van der Waals surface area contributed by atoms with E-state index in [0.29, 0.717) is 16.5 Å². The van der Waals surface area contributed by atoms with Gasteiger partial charge in [0.2, 0.25) is 0 Å². The highest BCUT2D eigenvalue weighted by Gasteiger charge is 2.34. The lowest BCUT2D eigenvalue weighted by Gasteiger charge is -2.11. The Morgan fingerprint density at radius 2 is 1.96 bits per heavy atom. The molecule has 0 spiro atoms. The van der Waals surface area contributed by atoms with Crippen LogP contribution in [-0.4, -0.2) is 25.9 Å². The van der Waals surface area contributed by atoms with E-state index in [-0.39, 0.29) is 24.5 Å². The van der Waals surface area contributed by atoms with Crippen LogP contribution in [0.5, 0.6) is 0 Å². The monoisotopic (exact) mass is 350 g/mol. The molecule has 1 aliphatic heterocycles. The molecule has 1 atom stereocenters. The van der Waals surface area contributed by atoms with Crippen molar-refractivity contribution in [3.63, 3.8) is 0 Å². The summed E-state index contributed by atoms with van der Waals surface area (Å²) in [7, 11) is -3.14. The van der Waals surface area contributed by atoms with Crippen molar-refractivity contribution in [3.8, 4) is 0 Å². The van der Waals surface area contributed by atoms with Gasteiger partial charge in [-0.3, -0.25) is 4.79 Å². The van der Waals surface area contributed by atoms with Crippen molar-refractivity contribution >= 4 is 26.8 Å². The fourth-order valence-electron chi connectivity index (χ4n) is 2.85. The molecule has 1 saturated heterocycles. The van der Waals surface area contributed by atoms with Gasteiger partial charge in [0.05, 0.1) is 17.4 Å². The topological polar surface area (TPSA) is 90.7 Å². The van der Waals surface area contributed by atoms with Crippen LogP contribution in [0.4, 0.5) is 0 Å². The second kappa shape index (κ2) is 6.05. The van der Waals surface area contributed by atoms with Crippen LogP contribution in [0.3, 0.4) is 0 Å². The number of hydrogen-bond acceptors (Lipinski definition) is 6. The number of fused-ring (bicyclic) bond motifs is 1. The SMILES string of the molecule is Cc1cc2oc(=O)cc(COC(=O)C3CCS(=O)(=O)C3)c2cc1C. The molecule has 0 amide bonds. The van der Waals surface area contributed by atoms with E-state index in [9.17, 15) is 18.0 Å². The Morgan fingerprint density at radius 1 is 1.25 bits per heavy atom. The van der Waals surface area contributed by atoms with Gasteiger partial charge >= 0.3 is 11.6 Å². The van der Waals surface area contributed by atoms with Gasteiger partial charge in [-0.15, -0.1) is 0 Å². The van der Waals surface area contributed by atoms with Gasteiger partial charge in [-0.1, -0.05) is 0 Å². The van der Waals surface area contributed by atoms with Crippen molar-refractivity contribution in [2.75, 3.05) is 11.5 Å². The summed E-state index contributed by atoms with van der Waals surface area (Å²) < 4.78 is 33.3. The minimum atomic E-state index is -3.14. The summed E-state index contributed by atoms with van der Waals surface area (Å²) in [5.74, 6) is -1.31. The maximum absolute atomic E-state index is 12.1.